The fraction of sp³-hybridized carbons (Fsp3) is 1.00. The molecule has 1 aliphatic carbocycles. The van der Waals surface area contributed by atoms with Crippen molar-refractivity contribution in [3.63, 3.8) is 0 Å². The van der Waals surface area contributed by atoms with Crippen LogP contribution < -0.4 is 5.32 Å². The lowest BCUT2D eigenvalue weighted by molar-refractivity contribution is 0.189. The average molecular weight is 264 g/mol. The van der Waals surface area contributed by atoms with Crippen molar-refractivity contribution in [2.45, 2.75) is 31.7 Å². The van der Waals surface area contributed by atoms with Crippen LogP contribution in [-0.2, 0) is 14.8 Å². The van der Waals surface area contributed by atoms with E-state index in [-0.39, 0.29) is 5.75 Å². The number of nitrogens with one attached hydrogen (secondary N) is 1. The number of methoxy groups -OCH3 is 1. The molecule has 0 spiro atoms. The Morgan fingerprint density at radius 1 is 1.35 bits per heavy atom. The molecule has 1 aliphatic rings. The molecule has 0 aromatic rings. The van der Waals surface area contributed by atoms with Gasteiger partial charge in [-0.3, -0.25) is 0 Å². The Bertz CT molecular complexity index is 302. The molecule has 0 aromatic heterocycles. The van der Waals surface area contributed by atoms with Crippen LogP contribution in [0.25, 0.3) is 0 Å². The summed E-state index contributed by atoms with van der Waals surface area (Å²) in [5.41, 5.74) is 0. The van der Waals surface area contributed by atoms with Gasteiger partial charge in [-0.2, -0.15) is 0 Å². The van der Waals surface area contributed by atoms with Crippen LogP contribution in [0.15, 0.2) is 0 Å². The van der Waals surface area contributed by atoms with Crippen LogP contribution in [0, 0.1) is 0 Å². The summed E-state index contributed by atoms with van der Waals surface area (Å²) in [7, 11) is 0.181. The number of nitrogens with zero attached hydrogens (tertiary/aromatic N) is 1. The molecule has 5 nitrogen and oxygen atoms in total. The summed E-state index contributed by atoms with van der Waals surface area (Å²) in [6.07, 6.45) is 3.91. The van der Waals surface area contributed by atoms with E-state index in [1.165, 1.54) is 17.1 Å². The summed E-state index contributed by atoms with van der Waals surface area (Å²) in [6, 6.07) is 0.650. The Morgan fingerprint density at radius 3 is 2.65 bits per heavy atom. The third-order valence-electron chi connectivity index (χ3n) is 2.89. The SMILES string of the molecule is COCCCN(C)S(=O)(=O)CCCNC1CC1. The molecule has 0 saturated heterocycles. The summed E-state index contributed by atoms with van der Waals surface area (Å²) >= 11 is 0. The van der Waals surface area contributed by atoms with Crippen molar-refractivity contribution in [1.82, 2.24) is 9.62 Å². The number of hydrogen-bond acceptors (Lipinski definition) is 4. The van der Waals surface area contributed by atoms with Gasteiger partial charge in [-0.25, -0.2) is 12.7 Å². The van der Waals surface area contributed by atoms with Gasteiger partial charge < -0.3 is 10.1 Å². The molecule has 0 amide bonds. The van der Waals surface area contributed by atoms with Crippen molar-refractivity contribution < 1.29 is 13.2 Å². The third kappa shape index (κ3) is 6.35. The molecule has 1 rings (SSSR count). The summed E-state index contributed by atoms with van der Waals surface area (Å²) in [5.74, 6) is 0.232. The summed E-state index contributed by atoms with van der Waals surface area (Å²) in [6.45, 7) is 1.94. The van der Waals surface area contributed by atoms with Crippen molar-refractivity contribution >= 4 is 10.0 Å². The normalized spacial score (nSPS) is 16.6. The Kier molecular flexibility index (Phi) is 6.40. The summed E-state index contributed by atoms with van der Waals surface area (Å²) in [5, 5.41) is 3.32. The van der Waals surface area contributed by atoms with Crippen molar-refractivity contribution in [2.24, 2.45) is 0 Å². The quantitative estimate of drug-likeness (QED) is 0.581. The first-order chi connectivity index (χ1) is 8.06. The average Bonchev–Trinajstić information content (AvgIpc) is 3.08. The van der Waals surface area contributed by atoms with Gasteiger partial charge in [-0.05, 0) is 32.2 Å². The molecule has 0 radical (unpaired) electrons. The lowest BCUT2D eigenvalue weighted by Gasteiger charge is -2.16. The van der Waals surface area contributed by atoms with Gasteiger partial charge in [0.15, 0.2) is 0 Å². The first-order valence-corrected chi connectivity index (χ1v) is 7.83. The summed E-state index contributed by atoms with van der Waals surface area (Å²) < 4.78 is 30.0. The highest BCUT2D eigenvalue weighted by atomic mass is 32.2. The molecule has 0 atom stereocenters. The van der Waals surface area contributed by atoms with Crippen LogP contribution >= 0.6 is 0 Å². The number of ether oxygens (including phenoxy) is 1. The minimum Gasteiger partial charge on any atom is -0.385 e. The smallest absolute Gasteiger partial charge is 0.213 e. The summed E-state index contributed by atoms with van der Waals surface area (Å²) in [4.78, 5) is 0. The van der Waals surface area contributed by atoms with Crippen LogP contribution in [0.1, 0.15) is 25.7 Å². The predicted molar refractivity (Wildman–Crippen MR) is 68.6 cm³/mol. The maximum Gasteiger partial charge on any atom is 0.213 e. The second-order valence-electron chi connectivity index (χ2n) is 4.57. The Balaban J connectivity index is 2.13. The topological polar surface area (TPSA) is 58.6 Å². The van der Waals surface area contributed by atoms with Crippen molar-refractivity contribution in [1.29, 1.82) is 0 Å². The molecule has 1 N–H and O–H groups in total. The zero-order valence-corrected chi connectivity index (χ0v) is 11.6. The van der Waals surface area contributed by atoms with Crippen molar-refractivity contribution in [3.8, 4) is 0 Å². The fourth-order valence-corrected chi connectivity index (χ4v) is 2.80. The fourth-order valence-electron chi connectivity index (χ4n) is 1.57. The molecule has 0 bridgehead atoms. The lowest BCUT2D eigenvalue weighted by Crippen LogP contribution is -2.32. The van der Waals surface area contributed by atoms with Crippen molar-refractivity contribution in [3.05, 3.63) is 0 Å². The van der Waals surface area contributed by atoms with Crippen LogP contribution in [-0.4, -0.2) is 58.4 Å². The zero-order valence-electron chi connectivity index (χ0n) is 10.8. The molecule has 1 saturated carbocycles. The van der Waals surface area contributed by atoms with Crippen LogP contribution in [0.3, 0.4) is 0 Å². The molecule has 1 fully saturated rings. The first kappa shape index (κ1) is 14.9. The second-order valence-corrected chi connectivity index (χ2v) is 6.76. The van der Waals surface area contributed by atoms with Gasteiger partial charge in [0, 0.05) is 33.4 Å². The lowest BCUT2D eigenvalue weighted by atomic mass is 10.4. The van der Waals surface area contributed by atoms with Crippen LogP contribution in [0.5, 0.6) is 0 Å². The second kappa shape index (κ2) is 7.31. The molecule has 6 heteroatoms. The minimum absolute atomic E-state index is 0.232. The van der Waals surface area contributed by atoms with E-state index in [9.17, 15) is 8.42 Å². The minimum atomic E-state index is -3.08. The molecule has 0 heterocycles. The van der Waals surface area contributed by atoms with Gasteiger partial charge in [-0.1, -0.05) is 0 Å². The Hall–Kier alpha value is -0.170. The van der Waals surface area contributed by atoms with E-state index >= 15 is 0 Å². The largest absolute Gasteiger partial charge is 0.385 e. The van der Waals surface area contributed by atoms with Gasteiger partial charge in [0.25, 0.3) is 0 Å². The monoisotopic (exact) mass is 264 g/mol. The molecular formula is C11H24N2O3S. The number of hydrogen-bond donors (Lipinski definition) is 1. The van der Waals surface area contributed by atoms with Crippen LogP contribution in [0.2, 0.25) is 0 Å². The molecule has 0 aliphatic heterocycles. The maximum absolute atomic E-state index is 11.8. The molecular weight excluding hydrogens is 240 g/mol. The van der Waals surface area contributed by atoms with E-state index in [1.54, 1.807) is 14.2 Å². The van der Waals surface area contributed by atoms with E-state index < -0.39 is 10.0 Å². The van der Waals surface area contributed by atoms with E-state index in [1.807, 2.05) is 0 Å². The van der Waals surface area contributed by atoms with E-state index in [2.05, 4.69) is 5.32 Å². The third-order valence-corrected chi connectivity index (χ3v) is 4.82. The molecule has 0 aromatic carbocycles. The Morgan fingerprint density at radius 2 is 2.06 bits per heavy atom. The standard InChI is InChI=1S/C11H24N2O3S/c1-13(8-4-9-16-2)17(14,15)10-3-7-12-11-5-6-11/h11-12H,3-10H2,1-2H3. The first-order valence-electron chi connectivity index (χ1n) is 6.22. The van der Waals surface area contributed by atoms with Gasteiger partial charge >= 0.3 is 0 Å². The zero-order chi connectivity index (χ0) is 12.7. The van der Waals surface area contributed by atoms with E-state index in [4.69, 9.17) is 4.74 Å². The van der Waals surface area contributed by atoms with Gasteiger partial charge in [0.2, 0.25) is 10.0 Å². The highest BCUT2D eigenvalue weighted by Crippen LogP contribution is 2.18. The molecule has 17 heavy (non-hydrogen) atoms. The maximum atomic E-state index is 11.8. The number of rotatable bonds is 10. The Labute approximate surface area is 105 Å². The predicted octanol–water partition coefficient (Wildman–Crippen LogP) is 0.427. The van der Waals surface area contributed by atoms with E-state index in [0.717, 1.165) is 13.0 Å². The van der Waals surface area contributed by atoms with Gasteiger partial charge in [0.05, 0.1) is 5.75 Å². The highest BCUT2D eigenvalue weighted by Gasteiger charge is 2.21. The molecule has 102 valence electrons. The van der Waals surface area contributed by atoms with Crippen LogP contribution in [0.4, 0.5) is 0 Å². The van der Waals surface area contributed by atoms with Crippen molar-refractivity contribution in [2.75, 3.05) is 39.6 Å². The van der Waals surface area contributed by atoms with E-state index in [0.29, 0.717) is 25.6 Å². The van der Waals surface area contributed by atoms with Gasteiger partial charge in [0.1, 0.15) is 0 Å². The number of sulfonamides is 1. The van der Waals surface area contributed by atoms with Gasteiger partial charge in [-0.15, -0.1) is 0 Å². The molecule has 0 unspecified atom stereocenters. The highest BCUT2D eigenvalue weighted by molar-refractivity contribution is 7.89.